The van der Waals surface area contributed by atoms with Crippen molar-refractivity contribution in [3.63, 3.8) is 0 Å². The lowest BCUT2D eigenvalue weighted by Gasteiger charge is -2.17. The highest BCUT2D eigenvalue weighted by Crippen LogP contribution is 2.21. The number of benzene rings is 1. The fourth-order valence-corrected chi connectivity index (χ4v) is 1.99. The van der Waals surface area contributed by atoms with Gasteiger partial charge >= 0.3 is 0 Å². The first-order chi connectivity index (χ1) is 9.56. The Morgan fingerprint density at radius 3 is 2.60 bits per heavy atom. The average molecular weight is 272 g/mol. The van der Waals surface area contributed by atoms with Gasteiger partial charge in [-0.15, -0.1) is 0 Å². The standard InChI is InChI=1S/C14H16N4O2/c1-17(9-11-4-6-16-7-5-11)10-12-8-13(18(19)20)2-3-14(12)15/h2-8H,9-10,15H2,1H3. The van der Waals surface area contributed by atoms with Crippen LogP contribution in [0.5, 0.6) is 0 Å². The molecule has 2 rings (SSSR count). The summed E-state index contributed by atoms with van der Waals surface area (Å²) >= 11 is 0. The van der Waals surface area contributed by atoms with Crippen LogP contribution >= 0.6 is 0 Å². The van der Waals surface area contributed by atoms with Crippen LogP contribution in [0.4, 0.5) is 11.4 Å². The number of nitrogen functional groups attached to an aromatic ring is 1. The molecule has 0 saturated heterocycles. The van der Waals surface area contributed by atoms with Crippen LogP contribution in [0.15, 0.2) is 42.7 Å². The van der Waals surface area contributed by atoms with Crippen LogP contribution in [-0.4, -0.2) is 21.9 Å². The van der Waals surface area contributed by atoms with E-state index >= 15 is 0 Å². The number of hydrogen-bond donors (Lipinski definition) is 1. The van der Waals surface area contributed by atoms with Crippen molar-refractivity contribution in [2.45, 2.75) is 13.1 Å². The third kappa shape index (κ3) is 3.52. The molecule has 0 aliphatic heterocycles. The molecule has 2 N–H and O–H groups in total. The Morgan fingerprint density at radius 1 is 1.25 bits per heavy atom. The lowest BCUT2D eigenvalue weighted by atomic mass is 10.1. The van der Waals surface area contributed by atoms with Crippen LogP contribution in [-0.2, 0) is 13.1 Å². The van der Waals surface area contributed by atoms with Crippen molar-refractivity contribution in [2.75, 3.05) is 12.8 Å². The largest absolute Gasteiger partial charge is 0.398 e. The molecule has 1 aromatic heterocycles. The van der Waals surface area contributed by atoms with Gasteiger partial charge in [0.05, 0.1) is 4.92 Å². The molecule has 0 fully saturated rings. The summed E-state index contributed by atoms with van der Waals surface area (Å²) in [5, 5.41) is 10.8. The van der Waals surface area contributed by atoms with Crippen LogP contribution in [0.3, 0.4) is 0 Å². The molecule has 0 spiro atoms. The van der Waals surface area contributed by atoms with Gasteiger partial charge in [0.15, 0.2) is 0 Å². The lowest BCUT2D eigenvalue weighted by molar-refractivity contribution is -0.384. The highest BCUT2D eigenvalue weighted by atomic mass is 16.6. The van der Waals surface area contributed by atoms with E-state index in [9.17, 15) is 10.1 Å². The van der Waals surface area contributed by atoms with Crippen molar-refractivity contribution in [1.82, 2.24) is 9.88 Å². The van der Waals surface area contributed by atoms with Gasteiger partial charge in [0.1, 0.15) is 0 Å². The van der Waals surface area contributed by atoms with Gasteiger partial charge in [-0.3, -0.25) is 20.0 Å². The zero-order valence-corrected chi connectivity index (χ0v) is 11.2. The molecule has 0 amide bonds. The molecule has 6 nitrogen and oxygen atoms in total. The number of nitrogens with zero attached hydrogens (tertiary/aromatic N) is 3. The quantitative estimate of drug-likeness (QED) is 0.512. The Bertz CT molecular complexity index is 601. The molecule has 0 radical (unpaired) electrons. The van der Waals surface area contributed by atoms with E-state index in [-0.39, 0.29) is 5.69 Å². The summed E-state index contributed by atoms with van der Waals surface area (Å²) in [5.41, 5.74) is 8.39. The van der Waals surface area contributed by atoms with Crippen molar-refractivity contribution < 1.29 is 4.92 Å². The van der Waals surface area contributed by atoms with Crippen molar-refractivity contribution in [1.29, 1.82) is 0 Å². The van der Waals surface area contributed by atoms with Gasteiger partial charge in [-0.2, -0.15) is 0 Å². The monoisotopic (exact) mass is 272 g/mol. The smallest absolute Gasteiger partial charge is 0.269 e. The molecule has 20 heavy (non-hydrogen) atoms. The van der Waals surface area contributed by atoms with Crippen molar-refractivity contribution in [3.05, 3.63) is 64.0 Å². The predicted octanol–water partition coefficient (Wildman–Crippen LogP) is 2.20. The number of non-ortho nitro benzene ring substituents is 1. The highest BCUT2D eigenvalue weighted by Gasteiger charge is 2.11. The van der Waals surface area contributed by atoms with Crippen LogP contribution in [0, 0.1) is 10.1 Å². The molecule has 1 heterocycles. The van der Waals surface area contributed by atoms with Crippen LogP contribution in [0.2, 0.25) is 0 Å². The Labute approximate surface area is 117 Å². The fraction of sp³-hybridized carbons (Fsp3) is 0.214. The number of nitro benzene ring substituents is 1. The van der Waals surface area contributed by atoms with Gasteiger partial charge in [0.2, 0.25) is 0 Å². The summed E-state index contributed by atoms with van der Waals surface area (Å²) in [7, 11) is 1.94. The maximum atomic E-state index is 10.8. The normalized spacial score (nSPS) is 10.7. The van der Waals surface area contributed by atoms with Gasteiger partial charge in [-0.05, 0) is 36.4 Å². The van der Waals surface area contributed by atoms with Crippen LogP contribution in [0.1, 0.15) is 11.1 Å². The molecule has 0 bridgehead atoms. The minimum Gasteiger partial charge on any atom is -0.398 e. The predicted molar refractivity (Wildman–Crippen MR) is 76.9 cm³/mol. The molecule has 0 unspecified atom stereocenters. The number of nitro groups is 1. The maximum absolute atomic E-state index is 10.8. The molecule has 104 valence electrons. The van der Waals surface area contributed by atoms with Gasteiger partial charge in [-0.25, -0.2) is 0 Å². The minimum atomic E-state index is -0.411. The summed E-state index contributed by atoms with van der Waals surface area (Å²) in [6.07, 6.45) is 3.48. The number of anilines is 1. The van der Waals surface area contributed by atoms with Crippen molar-refractivity contribution in [2.24, 2.45) is 0 Å². The molecule has 1 aromatic carbocycles. The number of nitrogens with two attached hydrogens (primary N) is 1. The van der Waals surface area contributed by atoms with Crippen LogP contribution < -0.4 is 5.73 Å². The summed E-state index contributed by atoms with van der Waals surface area (Å²) in [4.78, 5) is 16.4. The van der Waals surface area contributed by atoms with Crippen molar-refractivity contribution in [3.8, 4) is 0 Å². The first-order valence-corrected chi connectivity index (χ1v) is 6.16. The zero-order valence-electron chi connectivity index (χ0n) is 11.2. The summed E-state index contributed by atoms with van der Waals surface area (Å²) < 4.78 is 0. The van der Waals surface area contributed by atoms with Gasteiger partial charge in [0, 0.05) is 43.3 Å². The van der Waals surface area contributed by atoms with Crippen molar-refractivity contribution >= 4 is 11.4 Å². The first-order valence-electron chi connectivity index (χ1n) is 6.16. The van der Waals surface area contributed by atoms with Gasteiger partial charge < -0.3 is 5.73 Å². The minimum absolute atomic E-state index is 0.0616. The third-order valence-corrected chi connectivity index (χ3v) is 2.98. The molecule has 6 heteroatoms. The van der Waals surface area contributed by atoms with Gasteiger partial charge in [0.25, 0.3) is 5.69 Å². The van der Waals surface area contributed by atoms with E-state index in [1.54, 1.807) is 18.5 Å². The Kier molecular flexibility index (Phi) is 4.27. The highest BCUT2D eigenvalue weighted by molar-refractivity contribution is 5.52. The average Bonchev–Trinajstić information content (AvgIpc) is 2.42. The second kappa shape index (κ2) is 6.12. The van der Waals surface area contributed by atoms with E-state index in [0.29, 0.717) is 12.2 Å². The van der Waals surface area contributed by atoms with Crippen LogP contribution in [0.25, 0.3) is 0 Å². The number of rotatable bonds is 5. The van der Waals surface area contributed by atoms with E-state index in [1.165, 1.54) is 12.1 Å². The fourth-order valence-electron chi connectivity index (χ4n) is 1.99. The molecular weight excluding hydrogens is 256 g/mol. The van der Waals surface area contributed by atoms with E-state index in [2.05, 4.69) is 4.98 Å². The van der Waals surface area contributed by atoms with E-state index in [0.717, 1.165) is 17.7 Å². The Morgan fingerprint density at radius 2 is 1.95 bits per heavy atom. The van der Waals surface area contributed by atoms with E-state index in [4.69, 9.17) is 5.73 Å². The SMILES string of the molecule is CN(Cc1ccncc1)Cc1cc([N+](=O)[O-])ccc1N. The zero-order chi connectivity index (χ0) is 14.5. The number of pyridine rings is 1. The Balaban J connectivity index is 2.09. The van der Waals surface area contributed by atoms with E-state index < -0.39 is 4.92 Å². The number of aromatic nitrogens is 1. The maximum Gasteiger partial charge on any atom is 0.269 e. The summed E-state index contributed by atoms with van der Waals surface area (Å²) in [6, 6.07) is 8.40. The number of hydrogen-bond acceptors (Lipinski definition) is 5. The first kappa shape index (κ1) is 14.0. The molecule has 0 atom stereocenters. The third-order valence-electron chi connectivity index (χ3n) is 2.98. The summed E-state index contributed by atoms with van der Waals surface area (Å²) in [5.74, 6) is 0. The topological polar surface area (TPSA) is 85.3 Å². The lowest BCUT2D eigenvalue weighted by Crippen LogP contribution is -2.18. The molecule has 0 aliphatic rings. The second-order valence-electron chi connectivity index (χ2n) is 4.67. The molecule has 2 aromatic rings. The Hall–Kier alpha value is -2.47. The summed E-state index contributed by atoms with van der Waals surface area (Å²) in [6.45, 7) is 1.28. The molecular formula is C14H16N4O2. The molecule has 0 aliphatic carbocycles. The van der Waals surface area contributed by atoms with E-state index in [1.807, 2.05) is 24.1 Å². The second-order valence-corrected chi connectivity index (χ2v) is 4.67. The molecule has 0 saturated carbocycles. The van der Waals surface area contributed by atoms with Gasteiger partial charge in [-0.1, -0.05) is 0 Å².